The lowest BCUT2D eigenvalue weighted by Gasteiger charge is -2.06. The van der Waals surface area contributed by atoms with E-state index >= 15 is 0 Å². The molecule has 0 unspecified atom stereocenters. The first-order valence-electron chi connectivity index (χ1n) is 6.19. The van der Waals surface area contributed by atoms with E-state index < -0.39 is 0 Å². The zero-order valence-electron chi connectivity index (χ0n) is 11.4. The molecule has 2 aromatic rings. The number of amides is 1. The molecule has 0 spiro atoms. The Balaban J connectivity index is 1.92. The summed E-state index contributed by atoms with van der Waals surface area (Å²) in [6, 6.07) is 5.11. The molecule has 0 fully saturated rings. The van der Waals surface area contributed by atoms with Gasteiger partial charge >= 0.3 is 0 Å². The maximum atomic E-state index is 11.9. The van der Waals surface area contributed by atoms with Gasteiger partial charge in [0.1, 0.15) is 5.75 Å². The van der Waals surface area contributed by atoms with Crippen LogP contribution in [0.1, 0.15) is 16.8 Å². The molecule has 1 aromatic carbocycles. The lowest BCUT2D eigenvalue weighted by atomic mass is 10.1. The molecule has 1 aromatic heterocycles. The van der Waals surface area contributed by atoms with Crippen LogP contribution in [0, 0.1) is 6.92 Å². The lowest BCUT2D eigenvalue weighted by molar-refractivity contribution is -0.120. The number of nitrogens with zero attached hydrogens (tertiary/aromatic N) is 2. The minimum atomic E-state index is -0.0880. The number of nitrogens with one attached hydrogen (secondary N) is 1. The van der Waals surface area contributed by atoms with E-state index in [4.69, 9.17) is 0 Å². The summed E-state index contributed by atoms with van der Waals surface area (Å²) in [6.45, 7) is 2.42. The number of hydrogen-bond donors (Lipinski definition) is 2. The van der Waals surface area contributed by atoms with Crippen LogP contribution in [-0.4, -0.2) is 20.8 Å². The van der Waals surface area contributed by atoms with Crippen molar-refractivity contribution in [3.05, 3.63) is 45.7 Å². The summed E-state index contributed by atoms with van der Waals surface area (Å²) in [4.78, 5) is 11.9. The smallest absolute Gasteiger partial charge is 0.224 e. The van der Waals surface area contributed by atoms with Gasteiger partial charge in [0.15, 0.2) is 0 Å². The van der Waals surface area contributed by atoms with Gasteiger partial charge in [-0.2, -0.15) is 5.10 Å². The minimum absolute atomic E-state index is 0.0880. The third-order valence-corrected chi connectivity index (χ3v) is 3.86. The molecule has 106 valence electrons. The van der Waals surface area contributed by atoms with Crippen LogP contribution >= 0.6 is 15.9 Å². The number of aryl methyl sites for hydroxylation is 1. The van der Waals surface area contributed by atoms with E-state index in [9.17, 15) is 9.90 Å². The molecule has 0 atom stereocenters. The summed E-state index contributed by atoms with van der Waals surface area (Å²) in [5.41, 5.74) is 2.80. The standard InChI is InChI=1S/C14H16BrN3O2/c1-9-11(8-17-18(9)2)7-16-14(20)6-10-3-4-12(15)13(19)5-10/h3-5,8,19H,6-7H2,1-2H3,(H,16,20). The molecule has 0 bridgehead atoms. The maximum Gasteiger partial charge on any atom is 0.224 e. The second kappa shape index (κ2) is 6.09. The molecule has 0 aliphatic rings. The van der Waals surface area contributed by atoms with Crippen molar-refractivity contribution >= 4 is 21.8 Å². The first-order valence-corrected chi connectivity index (χ1v) is 6.98. The molecule has 0 aliphatic carbocycles. The number of aromatic nitrogens is 2. The number of carbonyl (C=O) groups excluding carboxylic acids is 1. The van der Waals surface area contributed by atoms with E-state index in [0.29, 0.717) is 11.0 Å². The third kappa shape index (κ3) is 3.39. The number of benzene rings is 1. The Bertz CT molecular complexity index is 637. The summed E-state index contributed by atoms with van der Waals surface area (Å²) < 4.78 is 2.39. The normalized spacial score (nSPS) is 10.6. The average molecular weight is 338 g/mol. The summed E-state index contributed by atoms with van der Waals surface area (Å²) in [5.74, 6) is 0.0494. The van der Waals surface area contributed by atoms with Crippen molar-refractivity contribution in [2.45, 2.75) is 19.9 Å². The van der Waals surface area contributed by atoms with Crippen LogP contribution in [0.15, 0.2) is 28.9 Å². The number of aromatic hydroxyl groups is 1. The Hall–Kier alpha value is -1.82. The van der Waals surface area contributed by atoms with Crippen LogP contribution < -0.4 is 5.32 Å². The van der Waals surface area contributed by atoms with E-state index in [1.807, 2.05) is 14.0 Å². The van der Waals surface area contributed by atoms with Gasteiger partial charge in [0.25, 0.3) is 0 Å². The first kappa shape index (κ1) is 14.6. The first-order chi connectivity index (χ1) is 9.47. The SMILES string of the molecule is Cc1c(CNC(=O)Cc2ccc(Br)c(O)c2)cnn1C. The van der Waals surface area contributed by atoms with Crippen molar-refractivity contribution in [2.24, 2.45) is 7.05 Å². The van der Waals surface area contributed by atoms with Crippen LogP contribution in [0.3, 0.4) is 0 Å². The second-order valence-corrected chi connectivity index (χ2v) is 5.47. The van der Waals surface area contributed by atoms with Gasteiger partial charge in [-0.05, 0) is 40.5 Å². The Morgan fingerprint density at radius 3 is 2.85 bits per heavy atom. The van der Waals surface area contributed by atoms with Gasteiger partial charge in [0, 0.05) is 24.8 Å². The minimum Gasteiger partial charge on any atom is -0.507 e. The number of halogens is 1. The highest BCUT2D eigenvalue weighted by atomic mass is 79.9. The fraction of sp³-hybridized carbons (Fsp3) is 0.286. The van der Waals surface area contributed by atoms with Gasteiger partial charge in [-0.25, -0.2) is 0 Å². The number of rotatable bonds is 4. The fourth-order valence-electron chi connectivity index (χ4n) is 1.83. The number of hydrogen-bond acceptors (Lipinski definition) is 3. The van der Waals surface area contributed by atoms with Crippen LogP contribution in [0.2, 0.25) is 0 Å². The molecular weight excluding hydrogens is 322 g/mol. The molecule has 0 radical (unpaired) electrons. The van der Waals surface area contributed by atoms with Crippen LogP contribution in [0.25, 0.3) is 0 Å². The second-order valence-electron chi connectivity index (χ2n) is 4.62. The Morgan fingerprint density at radius 2 is 2.25 bits per heavy atom. The summed E-state index contributed by atoms with van der Waals surface area (Å²) in [7, 11) is 1.87. The van der Waals surface area contributed by atoms with Gasteiger partial charge in [-0.15, -0.1) is 0 Å². The average Bonchev–Trinajstić information content (AvgIpc) is 2.72. The van der Waals surface area contributed by atoms with Crippen molar-refractivity contribution in [2.75, 3.05) is 0 Å². The molecule has 0 aliphatic heterocycles. The van der Waals surface area contributed by atoms with E-state index in [2.05, 4.69) is 26.3 Å². The van der Waals surface area contributed by atoms with Crippen molar-refractivity contribution < 1.29 is 9.90 Å². The zero-order valence-corrected chi connectivity index (χ0v) is 12.9. The fourth-order valence-corrected chi connectivity index (χ4v) is 2.07. The molecule has 2 N–H and O–H groups in total. The topological polar surface area (TPSA) is 67.2 Å². The van der Waals surface area contributed by atoms with E-state index in [0.717, 1.165) is 16.8 Å². The Morgan fingerprint density at radius 1 is 1.50 bits per heavy atom. The van der Waals surface area contributed by atoms with Crippen molar-refractivity contribution in [3.8, 4) is 5.75 Å². The van der Waals surface area contributed by atoms with E-state index in [1.165, 1.54) is 0 Å². The molecule has 1 heterocycles. The molecule has 5 nitrogen and oxygen atoms in total. The van der Waals surface area contributed by atoms with Gasteiger partial charge in [0.2, 0.25) is 5.91 Å². The summed E-state index contributed by atoms with van der Waals surface area (Å²) >= 11 is 3.21. The molecule has 0 saturated heterocycles. The lowest BCUT2D eigenvalue weighted by Crippen LogP contribution is -2.24. The predicted octanol–water partition coefficient (Wildman–Crippen LogP) is 2.06. The summed E-state index contributed by atoms with van der Waals surface area (Å²) in [5, 5.41) is 16.5. The third-order valence-electron chi connectivity index (χ3n) is 3.19. The van der Waals surface area contributed by atoms with Crippen LogP contribution in [0.4, 0.5) is 0 Å². The monoisotopic (exact) mass is 337 g/mol. The highest BCUT2D eigenvalue weighted by molar-refractivity contribution is 9.10. The molecule has 2 rings (SSSR count). The van der Waals surface area contributed by atoms with Gasteiger partial charge in [-0.1, -0.05) is 6.07 Å². The molecular formula is C14H16BrN3O2. The Kier molecular flexibility index (Phi) is 4.44. The van der Waals surface area contributed by atoms with Crippen molar-refractivity contribution in [1.29, 1.82) is 0 Å². The maximum absolute atomic E-state index is 11.9. The molecule has 20 heavy (non-hydrogen) atoms. The van der Waals surface area contributed by atoms with Crippen molar-refractivity contribution in [1.82, 2.24) is 15.1 Å². The van der Waals surface area contributed by atoms with Crippen LogP contribution in [-0.2, 0) is 24.8 Å². The molecule has 0 saturated carbocycles. The number of phenolic OH excluding ortho intramolecular Hbond substituents is 1. The highest BCUT2D eigenvalue weighted by Gasteiger charge is 2.08. The van der Waals surface area contributed by atoms with Gasteiger partial charge < -0.3 is 10.4 Å². The van der Waals surface area contributed by atoms with Crippen molar-refractivity contribution in [3.63, 3.8) is 0 Å². The zero-order chi connectivity index (χ0) is 14.7. The molecule has 6 heteroatoms. The van der Waals surface area contributed by atoms with E-state index in [-0.39, 0.29) is 18.1 Å². The van der Waals surface area contributed by atoms with Gasteiger partial charge in [0.05, 0.1) is 17.1 Å². The largest absolute Gasteiger partial charge is 0.507 e. The highest BCUT2D eigenvalue weighted by Crippen LogP contribution is 2.24. The van der Waals surface area contributed by atoms with Crippen LogP contribution in [0.5, 0.6) is 5.75 Å². The Labute approximate surface area is 125 Å². The molecule has 1 amide bonds. The summed E-state index contributed by atoms with van der Waals surface area (Å²) in [6.07, 6.45) is 1.99. The van der Waals surface area contributed by atoms with E-state index in [1.54, 1.807) is 29.1 Å². The number of phenols is 1. The number of carbonyl (C=O) groups is 1. The quantitative estimate of drug-likeness (QED) is 0.897. The van der Waals surface area contributed by atoms with Gasteiger partial charge in [-0.3, -0.25) is 9.48 Å². The predicted molar refractivity (Wildman–Crippen MR) is 79.3 cm³/mol.